The topological polar surface area (TPSA) is 38.3 Å². The third-order valence-corrected chi connectivity index (χ3v) is 2.92. The Labute approximate surface area is 119 Å². The summed E-state index contributed by atoms with van der Waals surface area (Å²) < 4.78 is 4.98. The Kier molecular flexibility index (Phi) is 7.23. The van der Waals surface area contributed by atoms with E-state index in [0.29, 0.717) is 24.6 Å². The zero-order valence-electron chi connectivity index (χ0n) is 11.2. The fourth-order valence-corrected chi connectivity index (χ4v) is 1.92. The highest BCUT2D eigenvalue weighted by Gasteiger charge is 2.14. The van der Waals surface area contributed by atoms with Gasteiger partial charge >= 0.3 is 5.97 Å². The lowest BCUT2D eigenvalue weighted by atomic mass is 10.0. The van der Waals surface area contributed by atoms with E-state index in [0.717, 1.165) is 12.0 Å². The molecule has 0 amide bonds. The van der Waals surface area contributed by atoms with Gasteiger partial charge in [-0.05, 0) is 31.0 Å². The molecule has 0 saturated carbocycles. The first kappa shape index (κ1) is 15.7. The molecule has 1 unspecified atom stereocenters. The summed E-state index contributed by atoms with van der Waals surface area (Å²) in [5.74, 6) is -0.182. The molecule has 0 fully saturated rings. The maximum atomic E-state index is 11.6. The van der Waals surface area contributed by atoms with E-state index in [1.807, 2.05) is 31.2 Å². The second-order valence-corrected chi connectivity index (χ2v) is 4.67. The van der Waals surface area contributed by atoms with Crippen LogP contribution in [-0.2, 0) is 16.0 Å². The van der Waals surface area contributed by atoms with Crippen LogP contribution in [0.4, 0.5) is 0 Å². The summed E-state index contributed by atoms with van der Waals surface area (Å²) in [5.41, 5.74) is 1.13. The standard InChI is InChI=1S/C15H20ClNO2/c1-3-9-17-14(11-15(18)19-4-2)10-12-5-7-13(16)8-6-12/h3,5-8,14,17H,1,4,9-11H2,2H3. The predicted molar refractivity (Wildman–Crippen MR) is 78.4 cm³/mol. The molecule has 0 spiro atoms. The van der Waals surface area contributed by atoms with Crippen LogP contribution >= 0.6 is 11.6 Å². The Morgan fingerprint density at radius 2 is 2.16 bits per heavy atom. The molecule has 1 atom stereocenters. The van der Waals surface area contributed by atoms with Gasteiger partial charge in [0.1, 0.15) is 0 Å². The quantitative estimate of drug-likeness (QED) is 0.588. The maximum absolute atomic E-state index is 11.6. The van der Waals surface area contributed by atoms with Crippen molar-refractivity contribution >= 4 is 17.6 Å². The summed E-state index contributed by atoms with van der Waals surface area (Å²) in [6, 6.07) is 7.68. The summed E-state index contributed by atoms with van der Waals surface area (Å²) in [7, 11) is 0. The second kappa shape index (κ2) is 8.73. The number of rotatable bonds is 8. The van der Waals surface area contributed by atoms with Crippen LogP contribution in [0.15, 0.2) is 36.9 Å². The highest BCUT2D eigenvalue weighted by atomic mass is 35.5. The predicted octanol–water partition coefficient (Wildman–Crippen LogP) is 2.98. The Morgan fingerprint density at radius 3 is 2.74 bits per heavy atom. The third kappa shape index (κ3) is 6.41. The number of benzene rings is 1. The maximum Gasteiger partial charge on any atom is 0.307 e. The van der Waals surface area contributed by atoms with Gasteiger partial charge in [0.05, 0.1) is 13.0 Å². The van der Waals surface area contributed by atoms with E-state index < -0.39 is 0 Å². The van der Waals surface area contributed by atoms with Crippen LogP contribution in [0.2, 0.25) is 5.02 Å². The number of ether oxygens (including phenoxy) is 1. The first-order valence-electron chi connectivity index (χ1n) is 6.40. The fraction of sp³-hybridized carbons (Fsp3) is 0.400. The number of hydrogen-bond donors (Lipinski definition) is 1. The van der Waals surface area contributed by atoms with Crippen LogP contribution in [-0.4, -0.2) is 25.2 Å². The van der Waals surface area contributed by atoms with Crippen LogP contribution in [0.3, 0.4) is 0 Å². The lowest BCUT2D eigenvalue weighted by Gasteiger charge is -2.17. The molecule has 0 aromatic heterocycles. The first-order chi connectivity index (χ1) is 9.15. The van der Waals surface area contributed by atoms with Crippen molar-refractivity contribution in [1.29, 1.82) is 0 Å². The van der Waals surface area contributed by atoms with E-state index in [-0.39, 0.29) is 12.0 Å². The average Bonchev–Trinajstić information content (AvgIpc) is 2.39. The van der Waals surface area contributed by atoms with Crippen molar-refractivity contribution < 1.29 is 9.53 Å². The molecule has 0 saturated heterocycles. The Balaban J connectivity index is 2.59. The van der Waals surface area contributed by atoms with Gasteiger partial charge in [-0.2, -0.15) is 0 Å². The van der Waals surface area contributed by atoms with Crippen molar-refractivity contribution in [1.82, 2.24) is 5.32 Å². The first-order valence-corrected chi connectivity index (χ1v) is 6.77. The number of nitrogens with one attached hydrogen (secondary N) is 1. The van der Waals surface area contributed by atoms with Crippen LogP contribution in [0.5, 0.6) is 0 Å². The van der Waals surface area contributed by atoms with Gasteiger partial charge in [-0.15, -0.1) is 6.58 Å². The lowest BCUT2D eigenvalue weighted by molar-refractivity contribution is -0.143. The zero-order valence-corrected chi connectivity index (χ0v) is 12.0. The number of halogens is 1. The van der Waals surface area contributed by atoms with Crippen molar-refractivity contribution in [3.8, 4) is 0 Å². The van der Waals surface area contributed by atoms with Gasteiger partial charge in [-0.25, -0.2) is 0 Å². The van der Waals surface area contributed by atoms with Crippen LogP contribution in [0, 0.1) is 0 Å². The minimum Gasteiger partial charge on any atom is -0.466 e. The van der Waals surface area contributed by atoms with Gasteiger partial charge in [0.15, 0.2) is 0 Å². The highest BCUT2D eigenvalue weighted by Crippen LogP contribution is 2.12. The summed E-state index contributed by atoms with van der Waals surface area (Å²) in [5, 5.41) is 3.98. The molecule has 1 aromatic rings. The van der Waals surface area contributed by atoms with Crippen molar-refractivity contribution in [2.75, 3.05) is 13.2 Å². The molecule has 4 heteroatoms. The molecule has 1 aromatic carbocycles. The average molecular weight is 282 g/mol. The van der Waals surface area contributed by atoms with E-state index in [1.165, 1.54) is 0 Å². The van der Waals surface area contributed by atoms with Gasteiger partial charge in [0.25, 0.3) is 0 Å². The molecule has 1 N–H and O–H groups in total. The summed E-state index contributed by atoms with van der Waals surface area (Å²) >= 11 is 5.85. The van der Waals surface area contributed by atoms with E-state index in [9.17, 15) is 4.79 Å². The monoisotopic (exact) mass is 281 g/mol. The van der Waals surface area contributed by atoms with E-state index >= 15 is 0 Å². The molecule has 0 aliphatic carbocycles. The summed E-state index contributed by atoms with van der Waals surface area (Å²) in [6.45, 7) is 6.55. The smallest absolute Gasteiger partial charge is 0.307 e. The summed E-state index contributed by atoms with van der Waals surface area (Å²) in [6.07, 6.45) is 2.88. The molecule has 0 aliphatic rings. The molecule has 0 radical (unpaired) electrons. The molecule has 0 bridgehead atoms. The van der Waals surface area contributed by atoms with Gasteiger partial charge in [0, 0.05) is 17.6 Å². The number of hydrogen-bond acceptors (Lipinski definition) is 3. The largest absolute Gasteiger partial charge is 0.466 e. The molecule has 0 heterocycles. The zero-order chi connectivity index (χ0) is 14.1. The molecule has 3 nitrogen and oxygen atoms in total. The van der Waals surface area contributed by atoms with E-state index in [1.54, 1.807) is 6.08 Å². The lowest BCUT2D eigenvalue weighted by Crippen LogP contribution is -2.34. The van der Waals surface area contributed by atoms with Crippen molar-refractivity contribution in [2.45, 2.75) is 25.8 Å². The van der Waals surface area contributed by atoms with Crippen molar-refractivity contribution in [3.63, 3.8) is 0 Å². The Morgan fingerprint density at radius 1 is 1.47 bits per heavy atom. The second-order valence-electron chi connectivity index (χ2n) is 4.23. The van der Waals surface area contributed by atoms with E-state index in [2.05, 4.69) is 11.9 Å². The Hall–Kier alpha value is -1.32. The number of carbonyl (C=O) groups excluding carboxylic acids is 1. The number of carbonyl (C=O) groups is 1. The van der Waals surface area contributed by atoms with Gasteiger partial charge in [0.2, 0.25) is 0 Å². The molecular formula is C15H20ClNO2. The molecule has 0 aliphatic heterocycles. The minimum atomic E-state index is -0.182. The normalized spacial score (nSPS) is 11.9. The SMILES string of the molecule is C=CCNC(CC(=O)OCC)Cc1ccc(Cl)cc1. The summed E-state index contributed by atoms with van der Waals surface area (Å²) in [4.78, 5) is 11.6. The van der Waals surface area contributed by atoms with Crippen molar-refractivity contribution in [3.05, 3.63) is 47.5 Å². The van der Waals surface area contributed by atoms with Crippen LogP contribution < -0.4 is 5.32 Å². The molecule has 19 heavy (non-hydrogen) atoms. The number of esters is 1. The van der Waals surface area contributed by atoms with Crippen molar-refractivity contribution in [2.24, 2.45) is 0 Å². The fourth-order valence-electron chi connectivity index (χ4n) is 1.79. The van der Waals surface area contributed by atoms with Crippen LogP contribution in [0.1, 0.15) is 18.9 Å². The highest BCUT2D eigenvalue weighted by molar-refractivity contribution is 6.30. The van der Waals surface area contributed by atoms with Gasteiger partial charge in [-0.1, -0.05) is 29.8 Å². The van der Waals surface area contributed by atoms with Gasteiger partial charge < -0.3 is 10.1 Å². The van der Waals surface area contributed by atoms with Crippen LogP contribution in [0.25, 0.3) is 0 Å². The molecule has 104 valence electrons. The minimum absolute atomic E-state index is 0.0400. The third-order valence-electron chi connectivity index (χ3n) is 2.66. The molecular weight excluding hydrogens is 262 g/mol. The van der Waals surface area contributed by atoms with Gasteiger partial charge in [-0.3, -0.25) is 4.79 Å². The van der Waals surface area contributed by atoms with E-state index in [4.69, 9.17) is 16.3 Å². The molecule has 1 rings (SSSR count). The Bertz CT molecular complexity index is 403.